The number of fused-ring (bicyclic) bond motifs is 1. The van der Waals surface area contributed by atoms with E-state index in [-0.39, 0.29) is 34.2 Å². The van der Waals surface area contributed by atoms with Crippen molar-refractivity contribution in [3.63, 3.8) is 0 Å². The Morgan fingerprint density at radius 3 is 2.27 bits per heavy atom. The van der Waals surface area contributed by atoms with Crippen LogP contribution in [0.15, 0.2) is 47.4 Å². The van der Waals surface area contributed by atoms with Crippen LogP contribution in [0.1, 0.15) is 39.7 Å². The Kier molecular flexibility index (Phi) is 7.18. The molecule has 1 heterocycles. The molecule has 12 heteroatoms. The molecule has 1 atom stereocenters. The SMILES string of the molecule is Cc1ccc(S(=O)(=O)N2C[C@@H](CC(C)(C)C#N)Oc3ccc(N(C(=O)[O-])C(C)(C)C(F)(F)F)cc32)cc1. The first kappa shape index (κ1) is 28.1. The highest BCUT2D eigenvalue weighted by molar-refractivity contribution is 7.92. The molecule has 200 valence electrons. The second kappa shape index (κ2) is 9.45. The molecule has 0 aromatic heterocycles. The quantitative estimate of drug-likeness (QED) is 0.539. The van der Waals surface area contributed by atoms with E-state index < -0.39 is 45.0 Å². The zero-order chi connectivity index (χ0) is 28.0. The molecule has 8 nitrogen and oxygen atoms in total. The Labute approximate surface area is 213 Å². The number of hydrogen-bond donors (Lipinski definition) is 0. The molecule has 0 saturated carbocycles. The molecule has 2 aromatic carbocycles. The first-order chi connectivity index (χ1) is 16.9. The lowest BCUT2D eigenvalue weighted by Crippen LogP contribution is -2.60. The van der Waals surface area contributed by atoms with Crippen molar-refractivity contribution < 1.29 is 36.2 Å². The number of carboxylic acid groups (broad SMARTS) is 1. The molecule has 0 fully saturated rings. The molecule has 1 aliphatic rings. The van der Waals surface area contributed by atoms with E-state index in [4.69, 9.17) is 4.74 Å². The normalized spacial score (nSPS) is 16.4. The summed E-state index contributed by atoms with van der Waals surface area (Å²) in [6, 6.07) is 11.5. The van der Waals surface area contributed by atoms with E-state index in [0.717, 1.165) is 22.0 Å². The van der Waals surface area contributed by atoms with Crippen LogP contribution in [0, 0.1) is 23.7 Å². The fourth-order valence-corrected chi connectivity index (χ4v) is 5.51. The number of ether oxygens (including phenoxy) is 1. The summed E-state index contributed by atoms with van der Waals surface area (Å²) in [5.41, 5.74) is -3.49. The van der Waals surface area contributed by atoms with Crippen LogP contribution in [0.4, 0.5) is 29.3 Å². The monoisotopic (exact) mass is 538 g/mol. The van der Waals surface area contributed by atoms with Crippen molar-refractivity contribution in [2.24, 2.45) is 5.41 Å². The van der Waals surface area contributed by atoms with Crippen molar-refractivity contribution in [3.05, 3.63) is 48.0 Å². The number of anilines is 2. The van der Waals surface area contributed by atoms with E-state index in [9.17, 15) is 36.8 Å². The Bertz CT molecular complexity index is 1330. The average molecular weight is 539 g/mol. The summed E-state index contributed by atoms with van der Waals surface area (Å²) in [4.78, 5) is 11.8. The molecule has 37 heavy (non-hydrogen) atoms. The molecule has 0 unspecified atom stereocenters. The molecular formula is C25H27F3N3O5S-. The minimum Gasteiger partial charge on any atom is -0.530 e. The number of nitrogens with zero attached hydrogens (tertiary/aromatic N) is 3. The highest BCUT2D eigenvalue weighted by Gasteiger charge is 2.52. The first-order valence-electron chi connectivity index (χ1n) is 11.3. The second-order valence-corrected chi connectivity index (χ2v) is 12.0. The Morgan fingerprint density at radius 2 is 1.76 bits per heavy atom. The van der Waals surface area contributed by atoms with Gasteiger partial charge in [-0.2, -0.15) is 18.4 Å². The minimum atomic E-state index is -4.96. The van der Waals surface area contributed by atoms with Crippen molar-refractivity contribution in [1.29, 1.82) is 5.26 Å². The predicted octanol–water partition coefficient (Wildman–Crippen LogP) is 4.38. The van der Waals surface area contributed by atoms with Gasteiger partial charge in [0.25, 0.3) is 10.0 Å². The Morgan fingerprint density at radius 1 is 1.16 bits per heavy atom. The fourth-order valence-electron chi connectivity index (χ4n) is 4.01. The van der Waals surface area contributed by atoms with Crippen LogP contribution in [-0.2, 0) is 10.0 Å². The van der Waals surface area contributed by atoms with Crippen molar-refractivity contribution in [1.82, 2.24) is 0 Å². The lowest BCUT2D eigenvalue weighted by Gasteiger charge is -2.42. The zero-order valence-electron chi connectivity index (χ0n) is 21.0. The molecule has 0 bridgehead atoms. The van der Waals surface area contributed by atoms with Crippen molar-refractivity contribution in [2.75, 3.05) is 15.7 Å². The number of carbonyl (C=O) groups is 1. The zero-order valence-corrected chi connectivity index (χ0v) is 21.8. The minimum absolute atomic E-state index is 0.0209. The number of hydrogen-bond acceptors (Lipinski definition) is 6. The number of amides is 1. The summed E-state index contributed by atoms with van der Waals surface area (Å²) in [7, 11) is -4.25. The van der Waals surface area contributed by atoms with Gasteiger partial charge in [0.05, 0.1) is 28.6 Å². The van der Waals surface area contributed by atoms with Gasteiger partial charge in [-0.15, -0.1) is 0 Å². The van der Waals surface area contributed by atoms with Gasteiger partial charge in [-0.05, 0) is 65.0 Å². The average Bonchev–Trinajstić information content (AvgIpc) is 2.77. The Balaban J connectivity index is 2.19. The van der Waals surface area contributed by atoms with Crippen molar-refractivity contribution in [2.45, 2.75) is 63.8 Å². The highest BCUT2D eigenvalue weighted by atomic mass is 32.2. The molecule has 0 radical (unpaired) electrons. The van der Waals surface area contributed by atoms with Gasteiger partial charge in [-0.3, -0.25) is 4.31 Å². The van der Waals surface area contributed by atoms with Gasteiger partial charge in [-0.1, -0.05) is 17.7 Å². The predicted molar refractivity (Wildman–Crippen MR) is 129 cm³/mol. The fraction of sp³-hybridized carbons (Fsp3) is 0.440. The number of halogens is 3. The molecule has 0 spiro atoms. The van der Waals surface area contributed by atoms with E-state index in [2.05, 4.69) is 6.07 Å². The number of sulfonamides is 1. The summed E-state index contributed by atoms with van der Waals surface area (Å²) in [5, 5.41) is 21.3. The van der Waals surface area contributed by atoms with Gasteiger partial charge in [0.2, 0.25) is 0 Å². The van der Waals surface area contributed by atoms with Gasteiger partial charge < -0.3 is 19.5 Å². The highest BCUT2D eigenvalue weighted by Crippen LogP contribution is 2.44. The number of benzene rings is 2. The van der Waals surface area contributed by atoms with E-state index in [1.165, 1.54) is 18.2 Å². The van der Waals surface area contributed by atoms with Crippen molar-refractivity contribution in [3.8, 4) is 11.8 Å². The van der Waals surface area contributed by atoms with Crippen LogP contribution >= 0.6 is 0 Å². The van der Waals surface area contributed by atoms with Crippen LogP contribution in [0.3, 0.4) is 0 Å². The third-order valence-corrected chi connectivity index (χ3v) is 8.01. The van der Waals surface area contributed by atoms with E-state index in [1.807, 2.05) is 0 Å². The number of rotatable bonds is 6. The Hall–Kier alpha value is -3.46. The lowest BCUT2D eigenvalue weighted by atomic mass is 9.88. The third kappa shape index (κ3) is 5.46. The summed E-state index contributed by atoms with van der Waals surface area (Å²) < 4.78 is 75.5. The molecule has 1 amide bonds. The topological polar surface area (TPSA) is 114 Å². The smallest absolute Gasteiger partial charge is 0.411 e. The van der Waals surface area contributed by atoms with Crippen LogP contribution in [0.2, 0.25) is 0 Å². The molecule has 1 aliphatic heterocycles. The molecule has 0 N–H and O–H groups in total. The maximum absolute atomic E-state index is 13.7. The van der Waals surface area contributed by atoms with Gasteiger partial charge in [-0.25, -0.2) is 8.42 Å². The molecular weight excluding hydrogens is 511 g/mol. The van der Waals surface area contributed by atoms with E-state index in [0.29, 0.717) is 13.8 Å². The second-order valence-electron chi connectivity index (χ2n) is 10.1. The van der Waals surface area contributed by atoms with Gasteiger partial charge >= 0.3 is 6.18 Å². The van der Waals surface area contributed by atoms with Gasteiger partial charge in [0.15, 0.2) is 0 Å². The number of alkyl halides is 3. The van der Waals surface area contributed by atoms with E-state index in [1.54, 1.807) is 32.9 Å². The number of nitriles is 1. The lowest BCUT2D eigenvalue weighted by molar-refractivity contribution is -0.254. The maximum Gasteiger partial charge on any atom is 0.411 e. The van der Waals surface area contributed by atoms with Crippen LogP contribution in [0.25, 0.3) is 0 Å². The molecule has 0 aliphatic carbocycles. The van der Waals surface area contributed by atoms with Crippen LogP contribution < -0.4 is 19.0 Å². The van der Waals surface area contributed by atoms with Crippen LogP contribution in [0.5, 0.6) is 5.75 Å². The third-order valence-electron chi connectivity index (χ3n) is 6.22. The number of aryl methyl sites for hydroxylation is 1. The largest absolute Gasteiger partial charge is 0.530 e. The number of carbonyl (C=O) groups excluding carboxylic acids is 1. The standard InChI is InChI=1S/C25H28F3N3O5S/c1-16-6-9-19(10-7-16)37(34,35)30-14-18(13-23(2,3)15-29)36-21-11-8-17(12-20(21)30)31(22(32)33)24(4,5)25(26,27)28/h6-12,18H,13-14H2,1-5H3,(H,32,33)/p-1/t18-/m1/s1. The van der Waals surface area contributed by atoms with Gasteiger partial charge in [0.1, 0.15) is 23.5 Å². The van der Waals surface area contributed by atoms with Gasteiger partial charge in [0, 0.05) is 12.1 Å². The first-order valence-corrected chi connectivity index (χ1v) is 12.7. The van der Waals surface area contributed by atoms with Crippen molar-refractivity contribution >= 4 is 27.5 Å². The van der Waals surface area contributed by atoms with E-state index >= 15 is 0 Å². The molecule has 0 saturated heterocycles. The summed E-state index contributed by atoms with van der Waals surface area (Å²) in [5.74, 6) is 0.0209. The summed E-state index contributed by atoms with van der Waals surface area (Å²) >= 11 is 0. The van der Waals surface area contributed by atoms with Crippen LogP contribution in [-0.4, -0.2) is 38.9 Å². The molecule has 3 rings (SSSR count). The molecule has 2 aromatic rings. The maximum atomic E-state index is 13.7. The summed E-state index contributed by atoms with van der Waals surface area (Å²) in [6.07, 6.45) is -7.66. The summed E-state index contributed by atoms with van der Waals surface area (Å²) in [6.45, 7) is 6.24.